The van der Waals surface area contributed by atoms with E-state index in [0.717, 1.165) is 0 Å². The largest absolute Gasteiger partial charge is 0.418 e. The third-order valence-corrected chi connectivity index (χ3v) is 1.78. The summed E-state index contributed by atoms with van der Waals surface area (Å²) in [7, 11) is 0. The lowest BCUT2D eigenvalue weighted by atomic mass is 10.6. The molecule has 0 spiro atoms. The lowest BCUT2D eigenvalue weighted by Crippen LogP contribution is -1.93. The molecule has 1 N–H and O–H groups in total. The lowest BCUT2D eigenvalue weighted by molar-refractivity contribution is 0.545. The van der Waals surface area contributed by atoms with E-state index in [2.05, 4.69) is 35.3 Å². The van der Waals surface area contributed by atoms with Crippen molar-refractivity contribution in [2.24, 2.45) is 0 Å². The van der Waals surface area contributed by atoms with Crippen LogP contribution in [0.15, 0.2) is 20.1 Å². The number of nitrogens with one attached hydrogen (secondary N) is 1. The van der Waals surface area contributed by atoms with Crippen molar-refractivity contribution in [1.82, 2.24) is 15.0 Å². The predicted octanol–water partition coefficient (Wildman–Crippen LogP) is 0.674. The second-order valence-corrected chi connectivity index (χ2v) is 2.61. The molecule has 2 aromatic rings. The van der Waals surface area contributed by atoms with Crippen LogP contribution in [0.4, 0.5) is 0 Å². The molecular weight excluding hydrogens is 214 g/mol. The zero-order chi connectivity index (χ0) is 7.84. The third-order valence-electron chi connectivity index (χ3n) is 1.18. The molecular formula is C5H2BrN3O2. The first-order valence-corrected chi connectivity index (χ1v) is 3.56. The topological polar surface area (TPSA) is 71.8 Å². The van der Waals surface area contributed by atoms with E-state index in [1.165, 1.54) is 6.33 Å². The van der Waals surface area contributed by atoms with E-state index < -0.39 is 5.76 Å². The minimum Gasteiger partial charge on any atom is -0.389 e. The molecule has 0 saturated heterocycles. The van der Waals surface area contributed by atoms with Crippen molar-refractivity contribution in [3.05, 3.63) is 21.5 Å². The summed E-state index contributed by atoms with van der Waals surface area (Å²) in [5.74, 6) is -0.527. The maximum Gasteiger partial charge on any atom is 0.418 e. The van der Waals surface area contributed by atoms with Gasteiger partial charge in [0.15, 0.2) is 0 Å². The number of aromatic nitrogens is 3. The normalized spacial score (nSPS) is 10.6. The highest BCUT2D eigenvalue weighted by Gasteiger charge is 2.04. The first kappa shape index (κ1) is 6.53. The molecule has 2 rings (SSSR count). The average Bonchev–Trinajstić information content (AvgIpc) is 2.31. The Morgan fingerprint density at radius 3 is 3.09 bits per heavy atom. The molecule has 2 aromatic heterocycles. The van der Waals surface area contributed by atoms with Gasteiger partial charge in [0.1, 0.15) is 16.4 Å². The average molecular weight is 216 g/mol. The Bertz CT molecular complexity index is 446. The van der Waals surface area contributed by atoms with Gasteiger partial charge in [-0.1, -0.05) is 0 Å². The zero-order valence-corrected chi connectivity index (χ0v) is 6.75. The predicted molar refractivity (Wildman–Crippen MR) is 40.1 cm³/mol. The Morgan fingerprint density at radius 1 is 1.55 bits per heavy atom. The van der Waals surface area contributed by atoms with Crippen LogP contribution in [0.1, 0.15) is 0 Å². The molecule has 0 aliphatic heterocycles. The molecule has 0 unspecified atom stereocenters. The summed E-state index contributed by atoms with van der Waals surface area (Å²) < 4.78 is 5.18. The van der Waals surface area contributed by atoms with E-state index in [4.69, 9.17) is 0 Å². The van der Waals surface area contributed by atoms with Gasteiger partial charge >= 0.3 is 5.76 Å². The van der Waals surface area contributed by atoms with Gasteiger partial charge in [-0.15, -0.1) is 0 Å². The lowest BCUT2D eigenvalue weighted by Gasteiger charge is -1.85. The molecule has 2 heterocycles. The van der Waals surface area contributed by atoms with Crippen LogP contribution in [-0.4, -0.2) is 15.0 Å². The highest BCUT2D eigenvalue weighted by Crippen LogP contribution is 2.14. The summed E-state index contributed by atoms with van der Waals surface area (Å²) >= 11 is 3.13. The van der Waals surface area contributed by atoms with Gasteiger partial charge in [-0.05, 0) is 15.9 Å². The fraction of sp³-hybridized carbons (Fsp3) is 0. The summed E-state index contributed by atoms with van der Waals surface area (Å²) in [6.07, 6.45) is 1.31. The van der Waals surface area contributed by atoms with Crippen LogP contribution in [0.3, 0.4) is 0 Å². The summed E-state index contributed by atoms with van der Waals surface area (Å²) in [5.41, 5.74) is 0.745. The summed E-state index contributed by atoms with van der Waals surface area (Å²) in [4.78, 5) is 20.6. The molecule has 5 nitrogen and oxygen atoms in total. The van der Waals surface area contributed by atoms with E-state index >= 15 is 0 Å². The Kier molecular flexibility index (Phi) is 1.28. The molecule has 0 radical (unpaired) electrons. The van der Waals surface area contributed by atoms with Crippen LogP contribution in [0.5, 0.6) is 0 Å². The number of aromatic amines is 1. The maximum atomic E-state index is 10.6. The Hall–Kier alpha value is -1.17. The number of hydrogen-bond acceptors (Lipinski definition) is 4. The van der Waals surface area contributed by atoms with Crippen molar-refractivity contribution in [3.63, 3.8) is 0 Å². The Balaban J connectivity index is 3.01. The summed E-state index contributed by atoms with van der Waals surface area (Å²) in [6, 6.07) is 0. The van der Waals surface area contributed by atoms with Crippen molar-refractivity contribution >= 4 is 27.2 Å². The van der Waals surface area contributed by atoms with Crippen molar-refractivity contribution in [3.8, 4) is 0 Å². The van der Waals surface area contributed by atoms with Gasteiger partial charge in [-0.2, -0.15) is 4.98 Å². The Morgan fingerprint density at radius 2 is 2.36 bits per heavy atom. The highest BCUT2D eigenvalue weighted by atomic mass is 79.9. The molecule has 0 fully saturated rings. The molecule has 0 bridgehead atoms. The van der Waals surface area contributed by atoms with Crippen molar-refractivity contribution < 1.29 is 4.42 Å². The van der Waals surface area contributed by atoms with E-state index in [-0.39, 0.29) is 5.71 Å². The zero-order valence-electron chi connectivity index (χ0n) is 5.17. The van der Waals surface area contributed by atoms with Crippen LogP contribution in [0.25, 0.3) is 11.2 Å². The first-order valence-electron chi connectivity index (χ1n) is 2.76. The molecule has 0 aliphatic carbocycles. The van der Waals surface area contributed by atoms with Crippen LogP contribution >= 0.6 is 15.9 Å². The smallest absolute Gasteiger partial charge is 0.389 e. The quantitative estimate of drug-likeness (QED) is 0.657. The second kappa shape index (κ2) is 2.16. The minimum absolute atomic E-state index is 0.261. The first-order chi connectivity index (χ1) is 5.27. The number of H-pyrrole nitrogens is 1. The fourth-order valence-electron chi connectivity index (χ4n) is 0.747. The van der Waals surface area contributed by atoms with E-state index in [1.807, 2.05) is 0 Å². The van der Waals surface area contributed by atoms with E-state index in [0.29, 0.717) is 10.1 Å². The molecule has 56 valence electrons. The Labute approximate surface area is 68.6 Å². The molecule has 6 heteroatoms. The number of halogens is 1. The van der Waals surface area contributed by atoms with Gasteiger partial charge in [0, 0.05) is 0 Å². The van der Waals surface area contributed by atoms with Crippen molar-refractivity contribution in [1.29, 1.82) is 0 Å². The number of fused-ring (bicyclic) bond motifs is 1. The minimum atomic E-state index is -0.527. The summed E-state index contributed by atoms with van der Waals surface area (Å²) in [6.45, 7) is 0. The van der Waals surface area contributed by atoms with Crippen LogP contribution in [0.2, 0.25) is 0 Å². The van der Waals surface area contributed by atoms with Gasteiger partial charge < -0.3 is 4.42 Å². The van der Waals surface area contributed by atoms with Crippen molar-refractivity contribution in [2.45, 2.75) is 0 Å². The molecule has 0 amide bonds. The van der Waals surface area contributed by atoms with E-state index in [1.54, 1.807) is 0 Å². The highest BCUT2D eigenvalue weighted by molar-refractivity contribution is 9.10. The maximum absolute atomic E-state index is 10.6. The number of oxazole rings is 1. The van der Waals surface area contributed by atoms with Gasteiger partial charge in [0.05, 0.1) is 0 Å². The molecule has 0 aliphatic rings. The van der Waals surface area contributed by atoms with E-state index in [9.17, 15) is 4.79 Å². The molecule has 0 atom stereocenters. The van der Waals surface area contributed by atoms with Gasteiger partial charge in [0.25, 0.3) is 5.71 Å². The second-order valence-electron chi connectivity index (χ2n) is 1.86. The number of hydrogen-bond donors (Lipinski definition) is 1. The molecule has 0 saturated carbocycles. The van der Waals surface area contributed by atoms with Crippen molar-refractivity contribution in [2.75, 3.05) is 0 Å². The van der Waals surface area contributed by atoms with Crippen LogP contribution in [0, 0.1) is 0 Å². The SMILES string of the molecule is O=c1[nH]c2c(Br)ncnc2o1. The van der Waals surface area contributed by atoms with Crippen LogP contribution < -0.4 is 5.76 Å². The monoisotopic (exact) mass is 215 g/mol. The van der Waals surface area contributed by atoms with Gasteiger partial charge in [-0.3, -0.25) is 4.98 Å². The number of nitrogens with zero attached hydrogens (tertiary/aromatic N) is 2. The van der Waals surface area contributed by atoms with Gasteiger partial charge in [-0.25, -0.2) is 9.78 Å². The fourth-order valence-corrected chi connectivity index (χ4v) is 1.11. The molecule has 0 aromatic carbocycles. The third kappa shape index (κ3) is 0.949. The van der Waals surface area contributed by atoms with Gasteiger partial charge in [0.2, 0.25) is 0 Å². The standard InChI is InChI=1S/C5H2BrN3O2/c6-3-2-4(8-1-7-3)11-5(10)9-2/h1H,(H,9,10). The number of rotatable bonds is 0. The summed E-state index contributed by atoms with van der Waals surface area (Å²) in [5, 5.41) is 0. The molecule has 11 heavy (non-hydrogen) atoms. The van der Waals surface area contributed by atoms with Crippen LogP contribution in [-0.2, 0) is 0 Å².